The second-order valence-corrected chi connectivity index (χ2v) is 5.11. The summed E-state index contributed by atoms with van der Waals surface area (Å²) in [4.78, 5) is 25.4. The molecule has 0 saturated carbocycles. The number of hydrogen-bond acceptors (Lipinski definition) is 3. The van der Waals surface area contributed by atoms with Crippen LogP contribution in [0.5, 0.6) is 0 Å². The molecule has 102 valence electrons. The van der Waals surface area contributed by atoms with E-state index in [0.29, 0.717) is 13.0 Å². The molecule has 0 unspecified atom stereocenters. The topological polar surface area (TPSA) is 46.6 Å². The standard InChI is InChI=1S/C15H19NO3/c1-12(17)16-10-6-9-15(16,2)14(18)19-11-13-7-4-3-5-8-13/h3-5,7-8H,6,9-11H2,1-2H3/t15-/m0/s1. The van der Waals surface area contributed by atoms with Gasteiger partial charge in [0, 0.05) is 13.5 Å². The summed E-state index contributed by atoms with van der Waals surface area (Å²) in [5, 5.41) is 0. The van der Waals surface area contributed by atoms with Crippen LogP contribution in [0.3, 0.4) is 0 Å². The Kier molecular flexibility index (Phi) is 3.88. The van der Waals surface area contributed by atoms with Crippen LogP contribution in [0.15, 0.2) is 30.3 Å². The molecule has 0 aromatic heterocycles. The number of ether oxygens (including phenoxy) is 1. The van der Waals surface area contributed by atoms with Gasteiger partial charge in [0.15, 0.2) is 0 Å². The van der Waals surface area contributed by atoms with Crippen molar-refractivity contribution in [1.29, 1.82) is 0 Å². The molecule has 1 aromatic carbocycles. The van der Waals surface area contributed by atoms with E-state index in [-0.39, 0.29) is 18.5 Å². The van der Waals surface area contributed by atoms with Crippen molar-refractivity contribution in [3.63, 3.8) is 0 Å². The first kappa shape index (κ1) is 13.6. The molecule has 1 atom stereocenters. The quantitative estimate of drug-likeness (QED) is 0.783. The summed E-state index contributed by atoms with van der Waals surface area (Å²) in [6, 6.07) is 9.55. The summed E-state index contributed by atoms with van der Waals surface area (Å²) >= 11 is 0. The molecule has 4 nitrogen and oxygen atoms in total. The molecule has 4 heteroatoms. The molecule has 0 aliphatic carbocycles. The minimum atomic E-state index is -0.805. The fourth-order valence-electron chi connectivity index (χ4n) is 2.56. The van der Waals surface area contributed by atoms with Crippen LogP contribution < -0.4 is 0 Å². The van der Waals surface area contributed by atoms with E-state index in [1.54, 1.807) is 11.8 Å². The number of benzene rings is 1. The first-order chi connectivity index (χ1) is 9.04. The Morgan fingerprint density at radius 2 is 2.00 bits per heavy atom. The van der Waals surface area contributed by atoms with Crippen LogP contribution in [0.2, 0.25) is 0 Å². The normalized spacial score (nSPS) is 22.3. The highest BCUT2D eigenvalue weighted by molar-refractivity contribution is 5.87. The third-order valence-corrected chi connectivity index (χ3v) is 3.67. The number of rotatable bonds is 3. The third-order valence-electron chi connectivity index (χ3n) is 3.67. The zero-order chi connectivity index (χ0) is 13.9. The van der Waals surface area contributed by atoms with E-state index in [1.807, 2.05) is 30.3 Å². The molecule has 2 rings (SSSR count). The van der Waals surface area contributed by atoms with Crippen molar-refractivity contribution in [2.45, 2.75) is 38.8 Å². The lowest BCUT2D eigenvalue weighted by molar-refractivity contribution is -0.161. The van der Waals surface area contributed by atoms with Crippen molar-refractivity contribution < 1.29 is 14.3 Å². The van der Waals surface area contributed by atoms with Crippen molar-refractivity contribution in [3.05, 3.63) is 35.9 Å². The van der Waals surface area contributed by atoms with E-state index >= 15 is 0 Å². The van der Waals surface area contributed by atoms with Crippen LogP contribution in [0.1, 0.15) is 32.3 Å². The van der Waals surface area contributed by atoms with Crippen molar-refractivity contribution in [3.8, 4) is 0 Å². The molecule has 1 amide bonds. The Balaban J connectivity index is 2.01. The Morgan fingerprint density at radius 3 is 2.63 bits per heavy atom. The van der Waals surface area contributed by atoms with Gasteiger partial charge in [-0.2, -0.15) is 0 Å². The van der Waals surface area contributed by atoms with Gasteiger partial charge in [0.2, 0.25) is 5.91 Å². The Hall–Kier alpha value is -1.84. The summed E-state index contributed by atoms with van der Waals surface area (Å²) in [5.41, 5.74) is 0.146. The molecule has 1 heterocycles. The molecule has 19 heavy (non-hydrogen) atoms. The van der Waals surface area contributed by atoms with E-state index in [2.05, 4.69) is 0 Å². The van der Waals surface area contributed by atoms with Gasteiger partial charge in [-0.1, -0.05) is 30.3 Å². The minimum Gasteiger partial charge on any atom is -0.459 e. The lowest BCUT2D eigenvalue weighted by Crippen LogP contribution is -2.50. The van der Waals surface area contributed by atoms with Gasteiger partial charge in [0.25, 0.3) is 0 Å². The van der Waals surface area contributed by atoms with E-state index in [0.717, 1.165) is 12.0 Å². The number of carbonyl (C=O) groups excluding carboxylic acids is 2. The van der Waals surface area contributed by atoms with Crippen LogP contribution in [0, 0.1) is 0 Å². The predicted octanol–water partition coefficient (Wildman–Crippen LogP) is 2.13. The van der Waals surface area contributed by atoms with Gasteiger partial charge in [0.05, 0.1) is 0 Å². The highest BCUT2D eigenvalue weighted by Gasteiger charge is 2.45. The Bertz CT molecular complexity index is 472. The molecular formula is C15H19NO3. The van der Waals surface area contributed by atoms with Crippen molar-refractivity contribution in [2.75, 3.05) is 6.54 Å². The monoisotopic (exact) mass is 261 g/mol. The Labute approximate surface area is 113 Å². The van der Waals surface area contributed by atoms with Gasteiger partial charge in [0.1, 0.15) is 12.1 Å². The molecule has 1 aliphatic heterocycles. The molecule has 1 saturated heterocycles. The lowest BCUT2D eigenvalue weighted by atomic mass is 9.99. The number of nitrogens with zero attached hydrogens (tertiary/aromatic N) is 1. The van der Waals surface area contributed by atoms with Gasteiger partial charge >= 0.3 is 5.97 Å². The fourth-order valence-corrected chi connectivity index (χ4v) is 2.56. The van der Waals surface area contributed by atoms with Gasteiger partial charge in [-0.3, -0.25) is 4.79 Å². The summed E-state index contributed by atoms with van der Waals surface area (Å²) in [6.45, 7) is 4.16. The molecule has 1 aromatic rings. The number of esters is 1. The maximum atomic E-state index is 12.2. The van der Waals surface area contributed by atoms with Gasteiger partial charge in [-0.05, 0) is 25.3 Å². The summed E-state index contributed by atoms with van der Waals surface area (Å²) < 4.78 is 5.36. The maximum absolute atomic E-state index is 12.2. The average molecular weight is 261 g/mol. The average Bonchev–Trinajstić information content (AvgIpc) is 2.81. The molecule has 1 aliphatic rings. The van der Waals surface area contributed by atoms with Gasteiger partial charge in [-0.15, -0.1) is 0 Å². The summed E-state index contributed by atoms with van der Waals surface area (Å²) in [7, 11) is 0. The van der Waals surface area contributed by atoms with Gasteiger partial charge < -0.3 is 9.64 Å². The van der Waals surface area contributed by atoms with Crippen molar-refractivity contribution in [1.82, 2.24) is 4.90 Å². The van der Waals surface area contributed by atoms with E-state index < -0.39 is 5.54 Å². The summed E-state index contributed by atoms with van der Waals surface area (Å²) in [6.07, 6.45) is 1.51. The van der Waals surface area contributed by atoms with Crippen LogP contribution in [0.4, 0.5) is 0 Å². The zero-order valence-electron chi connectivity index (χ0n) is 11.4. The third kappa shape index (κ3) is 2.78. The molecule has 0 radical (unpaired) electrons. The van der Waals surface area contributed by atoms with Crippen LogP contribution in [-0.4, -0.2) is 28.9 Å². The molecule has 0 bridgehead atoms. The van der Waals surface area contributed by atoms with Crippen LogP contribution in [0.25, 0.3) is 0 Å². The Morgan fingerprint density at radius 1 is 1.32 bits per heavy atom. The first-order valence-corrected chi connectivity index (χ1v) is 6.53. The highest BCUT2D eigenvalue weighted by Crippen LogP contribution is 2.30. The molecule has 0 N–H and O–H groups in total. The van der Waals surface area contributed by atoms with E-state index in [4.69, 9.17) is 4.74 Å². The molecular weight excluding hydrogens is 242 g/mol. The highest BCUT2D eigenvalue weighted by atomic mass is 16.5. The van der Waals surface area contributed by atoms with Crippen molar-refractivity contribution >= 4 is 11.9 Å². The first-order valence-electron chi connectivity index (χ1n) is 6.53. The predicted molar refractivity (Wildman–Crippen MR) is 71.3 cm³/mol. The molecule has 1 fully saturated rings. The number of hydrogen-bond donors (Lipinski definition) is 0. The zero-order valence-corrected chi connectivity index (χ0v) is 11.4. The molecule has 0 spiro atoms. The smallest absolute Gasteiger partial charge is 0.332 e. The number of carbonyl (C=O) groups is 2. The lowest BCUT2D eigenvalue weighted by Gasteiger charge is -2.32. The maximum Gasteiger partial charge on any atom is 0.332 e. The van der Waals surface area contributed by atoms with Crippen LogP contribution in [-0.2, 0) is 20.9 Å². The minimum absolute atomic E-state index is 0.0725. The van der Waals surface area contributed by atoms with E-state index in [1.165, 1.54) is 6.92 Å². The summed E-state index contributed by atoms with van der Waals surface area (Å²) in [5.74, 6) is -0.388. The second-order valence-electron chi connectivity index (χ2n) is 5.11. The van der Waals surface area contributed by atoms with Crippen LogP contribution >= 0.6 is 0 Å². The largest absolute Gasteiger partial charge is 0.459 e. The van der Waals surface area contributed by atoms with E-state index in [9.17, 15) is 9.59 Å². The van der Waals surface area contributed by atoms with Gasteiger partial charge in [-0.25, -0.2) is 4.79 Å². The number of likely N-dealkylation sites (tertiary alicyclic amines) is 1. The fraction of sp³-hybridized carbons (Fsp3) is 0.467. The van der Waals surface area contributed by atoms with Crippen molar-refractivity contribution in [2.24, 2.45) is 0 Å². The second kappa shape index (κ2) is 5.43. The SMILES string of the molecule is CC(=O)N1CCC[C@@]1(C)C(=O)OCc1ccccc1. The number of amides is 1.